The lowest BCUT2D eigenvalue weighted by atomic mass is 9.95. The van der Waals surface area contributed by atoms with Crippen molar-refractivity contribution >= 4 is 29.5 Å². The summed E-state index contributed by atoms with van der Waals surface area (Å²) in [6.07, 6.45) is 1.21. The van der Waals surface area contributed by atoms with Crippen LogP contribution in [0.1, 0.15) is 44.0 Å². The summed E-state index contributed by atoms with van der Waals surface area (Å²) in [6, 6.07) is 5.32. The van der Waals surface area contributed by atoms with E-state index in [9.17, 15) is 23.2 Å². The highest BCUT2D eigenvalue weighted by atomic mass is 32.2. The number of carbonyl (C=O) groups is 3. The van der Waals surface area contributed by atoms with Crippen LogP contribution in [0.3, 0.4) is 0 Å². The molecule has 2 fully saturated rings. The molecule has 0 spiro atoms. The fourth-order valence-corrected chi connectivity index (χ4v) is 5.10. The molecule has 32 heavy (non-hydrogen) atoms. The van der Waals surface area contributed by atoms with Crippen LogP contribution in [0, 0.1) is 5.92 Å². The van der Waals surface area contributed by atoms with Crippen LogP contribution in [0.25, 0.3) is 0 Å². The molecule has 0 aromatic heterocycles. The number of hydrogen-bond acceptors (Lipinski definition) is 5. The van der Waals surface area contributed by atoms with Crippen LogP contribution in [-0.2, 0) is 9.59 Å². The van der Waals surface area contributed by atoms with E-state index in [-0.39, 0.29) is 29.7 Å². The van der Waals surface area contributed by atoms with Crippen molar-refractivity contribution in [2.45, 2.75) is 51.8 Å². The van der Waals surface area contributed by atoms with Crippen LogP contribution in [0.15, 0.2) is 24.3 Å². The molecule has 3 amide bonds. The van der Waals surface area contributed by atoms with E-state index in [2.05, 4.69) is 10.1 Å². The summed E-state index contributed by atoms with van der Waals surface area (Å²) < 4.78 is 29.9. The van der Waals surface area contributed by atoms with Gasteiger partial charge in [-0.15, -0.1) is 11.8 Å². The largest absolute Gasteiger partial charge is 0.434 e. The lowest BCUT2D eigenvalue weighted by molar-refractivity contribution is -0.142. The maximum Gasteiger partial charge on any atom is 0.387 e. The number of hydrogen-bond donors (Lipinski definition) is 1. The van der Waals surface area contributed by atoms with Gasteiger partial charge in [-0.1, -0.05) is 12.1 Å². The number of thioether (sulfide) groups is 1. The van der Waals surface area contributed by atoms with Gasteiger partial charge in [-0.25, -0.2) is 0 Å². The van der Waals surface area contributed by atoms with Gasteiger partial charge in [0, 0.05) is 24.4 Å². The van der Waals surface area contributed by atoms with Gasteiger partial charge in [0.1, 0.15) is 11.8 Å². The molecule has 2 aliphatic rings. The van der Waals surface area contributed by atoms with Gasteiger partial charge in [-0.3, -0.25) is 14.4 Å². The van der Waals surface area contributed by atoms with E-state index >= 15 is 0 Å². The molecule has 0 bridgehead atoms. The van der Waals surface area contributed by atoms with Gasteiger partial charge >= 0.3 is 6.61 Å². The third-order valence-electron chi connectivity index (χ3n) is 5.36. The Hall–Kier alpha value is -2.36. The number of para-hydroxylation sites is 1. The molecule has 176 valence electrons. The van der Waals surface area contributed by atoms with Crippen LogP contribution < -0.4 is 10.1 Å². The van der Waals surface area contributed by atoms with E-state index in [0.717, 1.165) is 0 Å². The SMILES string of the molecule is CC(C)(C)NC(=O)C1CSCN1C(=O)C1CCCN(C(=O)c2ccccc2OC(F)F)C1. The third-order valence-corrected chi connectivity index (χ3v) is 6.37. The molecule has 10 heteroatoms. The molecule has 0 saturated carbocycles. The van der Waals surface area contributed by atoms with Crippen molar-refractivity contribution < 1.29 is 27.9 Å². The van der Waals surface area contributed by atoms with Gasteiger partial charge in [-0.05, 0) is 45.7 Å². The summed E-state index contributed by atoms with van der Waals surface area (Å²) in [4.78, 5) is 42.1. The van der Waals surface area contributed by atoms with Crippen molar-refractivity contribution in [1.82, 2.24) is 15.1 Å². The maximum atomic E-state index is 13.3. The Kier molecular flexibility index (Phi) is 7.63. The van der Waals surface area contributed by atoms with Gasteiger partial charge in [0.2, 0.25) is 11.8 Å². The monoisotopic (exact) mass is 469 g/mol. The van der Waals surface area contributed by atoms with Crippen molar-refractivity contribution in [3.8, 4) is 5.75 Å². The minimum Gasteiger partial charge on any atom is -0.434 e. The number of benzene rings is 1. The number of likely N-dealkylation sites (tertiary alicyclic amines) is 1. The summed E-state index contributed by atoms with van der Waals surface area (Å²) in [5, 5.41) is 2.93. The Morgan fingerprint density at radius 3 is 2.62 bits per heavy atom. The predicted molar refractivity (Wildman–Crippen MR) is 118 cm³/mol. The smallest absolute Gasteiger partial charge is 0.387 e. The molecule has 2 unspecified atom stereocenters. The number of piperidine rings is 1. The van der Waals surface area contributed by atoms with Crippen LogP contribution >= 0.6 is 11.8 Å². The number of ether oxygens (including phenoxy) is 1. The van der Waals surface area contributed by atoms with Gasteiger partial charge in [0.25, 0.3) is 5.91 Å². The summed E-state index contributed by atoms with van der Waals surface area (Å²) in [5.41, 5.74) is -0.360. The average Bonchev–Trinajstić information content (AvgIpc) is 3.22. The molecule has 2 atom stereocenters. The quantitative estimate of drug-likeness (QED) is 0.718. The van der Waals surface area contributed by atoms with E-state index < -0.39 is 30.0 Å². The fourth-order valence-electron chi connectivity index (χ4n) is 3.94. The van der Waals surface area contributed by atoms with Gasteiger partial charge in [0.05, 0.1) is 17.4 Å². The molecule has 3 rings (SSSR count). The minimum atomic E-state index is -3.04. The Morgan fingerprint density at radius 2 is 1.94 bits per heavy atom. The van der Waals surface area contributed by atoms with Crippen molar-refractivity contribution in [3.05, 3.63) is 29.8 Å². The number of nitrogens with zero attached hydrogens (tertiary/aromatic N) is 2. The number of carbonyl (C=O) groups excluding carboxylic acids is 3. The van der Waals surface area contributed by atoms with E-state index in [0.29, 0.717) is 31.0 Å². The number of nitrogens with one attached hydrogen (secondary N) is 1. The standard InChI is InChI=1S/C22H29F2N3O4S/c1-22(2,3)25-18(28)16-12-32-13-27(16)19(29)14-7-6-10-26(11-14)20(30)15-8-4-5-9-17(15)31-21(23)24/h4-5,8-9,14,16,21H,6-7,10-13H2,1-3H3,(H,25,28). The molecule has 2 saturated heterocycles. The predicted octanol–water partition coefficient (Wildman–Crippen LogP) is 2.96. The number of halogens is 2. The highest BCUT2D eigenvalue weighted by Crippen LogP contribution is 2.29. The first-order valence-electron chi connectivity index (χ1n) is 10.6. The van der Waals surface area contributed by atoms with Crippen LogP contribution in [0.4, 0.5) is 8.78 Å². The van der Waals surface area contributed by atoms with E-state index in [4.69, 9.17) is 0 Å². The summed E-state index contributed by atoms with van der Waals surface area (Å²) in [5.74, 6) is -0.457. The lowest BCUT2D eigenvalue weighted by Gasteiger charge is -2.35. The normalized spacial score (nSPS) is 21.6. The molecule has 0 radical (unpaired) electrons. The molecule has 7 nitrogen and oxygen atoms in total. The second-order valence-electron chi connectivity index (χ2n) is 9.03. The Bertz CT molecular complexity index is 862. The van der Waals surface area contributed by atoms with Gasteiger partial charge in [-0.2, -0.15) is 8.78 Å². The second kappa shape index (κ2) is 10.1. The van der Waals surface area contributed by atoms with Crippen molar-refractivity contribution in [2.75, 3.05) is 24.7 Å². The molecular formula is C22H29F2N3O4S. The van der Waals surface area contributed by atoms with E-state index in [1.807, 2.05) is 20.8 Å². The van der Waals surface area contributed by atoms with Crippen molar-refractivity contribution in [1.29, 1.82) is 0 Å². The minimum absolute atomic E-state index is 0.0417. The van der Waals surface area contributed by atoms with Gasteiger partial charge in [0.15, 0.2) is 0 Å². The number of rotatable bonds is 5. The lowest BCUT2D eigenvalue weighted by Crippen LogP contribution is -2.54. The highest BCUT2D eigenvalue weighted by molar-refractivity contribution is 7.99. The number of alkyl halides is 2. The number of amides is 3. The zero-order valence-electron chi connectivity index (χ0n) is 18.5. The summed E-state index contributed by atoms with van der Waals surface area (Å²) >= 11 is 1.52. The van der Waals surface area contributed by atoms with Crippen molar-refractivity contribution in [3.63, 3.8) is 0 Å². The maximum absolute atomic E-state index is 13.3. The topological polar surface area (TPSA) is 79.0 Å². The molecule has 0 aliphatic carbocycles. The summed E-state index contributed by atoms with van der Waals surface area (Å²) in [7, 11) is 0. The Balaban J connectivity index is 1.70. The first-order valence-corrected chi connectivity index (χ1v) is 11.8. The molecule has 1 aromatic rings. The average molecular weight is 470 g/mol. The molecule has 1 aromatic carbocycles. The molecular weight excluding hydrogens is 440 g/mol. The Morgan fingerprint density at radius 1 is 1.22 bits per heavy atom. The zero-order valence-corrected chi connectivity index (χ0v) is 19.3. The van der Waals surface area contributed by atoms with Gasteiger partial charge < -0.3 is 19.9 Å². The fraction of sp³-hybridized carbons (Fsp3) is 0.591. The summed E-state index contributed by atoms with van der Waals surface area (Å²) in [6.45, 7) is 3.23. The van der Waals surface area contributed by atoms with Crippen LogP contribution in [-0.4, -0.2) is 70.4 Å². The molecule has 2 aliphatic heterocycles. The van der Waals surface area contributed by atoms with Crippen LogP contribution in [0.5, 0.6) is 5.75 Å². The highest BCUT2D eigenvalue weighted by Gasteiger charge is 2.40. The molecule has 1 N–H and O–H groups in total. The second-order valence-corrected chi connectivity index (χ2v) is 10.0. The van der Waals surface area contributed by atoms with E-state index in [1.165, 1.54) is 34.9 Å². The molecule has 2 heterocycles. The first kappa shape index (κ1) is 24.3. The Labute approximate surface area is 190 Å². The third kappa shape index (κ3) is 5.90. The van der Waals surface area contributed by atoms with E-state index in [1.54, 1.807) is 11.0 Å². The van der Waals surface area contributed by atoms with Crippen molar-refractivity contribution in [2.24, 2.45) is 5.92 Å². The zero-order chi connectivity index (χ0) is 23.5. The first-order chi connectivity index (χ1) is 15.1. The van der Waals surface area contributed by atoms with Crippen LogP contribution in [0.2, 0.25) is 0 Å².